The molecule has 20 heavy (non-hydrogen) atoms. The first-order valence-electron chi connectivity index (χ1n) is 7.24. The largest absolute Gasteiger partial charge is 0.481 e. The number of hydrogen-bond acceptors (Lipinski definition) is 3. The highest BCUT2D eigenvalue weighted by Crippen LogP contribution is 2.31. The Hall–Kier alpha value is -1.30. The van der Waals surface area contributed by atoms with Crippen LogP contribution in [0.5, 0.6) is 0 Å². The van der Waals surface area contributed by atoms with Gasteiger partial charge in [-0.2, -0.15) is 0 Å². The lowest BCUT2D eigenvalue weighted by molar-refractivity contribution is -0.139. The number of rotatable bonds is 6. The fourth-order valence-electron chi connectivity index (χ4n) is 2.64. The Morgan fingerprint density at radius 3 is 2.20 bits per heavy atom. The Morgan fingerprint density at radius 1 is 1.10 bits per heavy atom. The van der Waals surface area contributed by atoms with Crippen LogP contribution in [0.3, 0.4) is 0 Å². The molecule has 116 valence electrons. The summed E-state index contributed by atoms with van der Waals surface area (Å²) in [6.07, 6.45) is 4.61. The fraction of sp³-hybridized carbons (Fsp3) is 0.857. The van der Waals surface area contributed by atoms with E-state index in [9.17, 15) is 9.59 Å². The van der Waals surface area contributed by atoms with Gasteiger partial charge in [-0.1, -0.05) is 19.3 Å². The van der Waals surface area contributed by atoms with Gasteiger partial charge in [0.05, 0.1) is 12.0 Å². The molecule has 0 heterocycles. The number of carboxylic acids is 1. The van der Waals surface area contributed by atoms with Crippen LogP contribution in [0.4, 0.5) is 4.79 Å². The molecule has 0 aromatic carbocycles. The maximum Gasteiger partial charge on any atom is 0.317 e. The van der Waals surface area contributed by atoms with E-state index in [1.54, 1.807) is 11.9 Å². The smallest absolute Gasteiger partial charge is 0.317 e. The van der Waals surface area contributed by atoms with E-state index in [-0.39, 0.29) is 12.5 Å². The van der Waals surface area contributed by atoms with E-state index in [2.05, 4.69) is 5.32 Å². The van der Waals surface area contributed by atoms with Crippen LogP contribution in [0.1, 0.15) is 38.5 Å². The Balaban J connectivity index is 2.59. The standard InChI is InChI=1S/C14H27N3O3/c1-16(2)9-10-17(3)13(20)15-14(11-12(18)19)7-5-4-6-8-14/h4-11H2,1-3H3,(H,15,20)(H,18,19). The van der Waals surface area contributed by atoms with Crippen LogP contribution in [-0.2, 0) is 4.79 Å². The predicted molar refractivity (Wildman–Crippen MR) is 77.8 cm³/mol. The molecule has 0 aromatic heterocycles. The number of nitrogens with zero attached hydrogens (tertiary/aromatic N) is 2. The normalized spacial score (nSPS) is 17.8. The molecule has 0 radical (unpaired) electrons. The van der Waals surface area contributed by atoms with Crippen LogP contribution in [0.25, 0.3) is 0 Å². The number of carbonyl (C=O) groups excluding carboxylic acids is 1. The Bertz CT molecular complexity index is 339. The molecule has 6 heteroatoms. The van der Waals surface area contributed by atoms with Crippen molar-refractivity contribution in [1.29, 1.82) is 0 Å². The van der Waals surface area contributed by atoms with Crippen LogP contribution in [0, 0.1) is 0 Å². The van der Waals surface area contributed by atoms with Gasteiger partial charge in [0.25, 0.3) is 0 Å². The van der Waals surface area contributed by atoms with Crippen molar-refractivity contribution < 1.29 is 14.7 Å². The summed E-state index contributed by atoms with van der Waals surface area (Å²) in [4.78, 5) is 26.9. The van der Waals surface area contributed by atoms with Crippen LogP contribution in [0.15, 0.2) is 0 Å². The summed E-state index contributed by atoms with van der Waals surface area (Å²) in [6, 6.07) is -0.171. The van der Waals surface area contributed by atoms with E-state index >= 15 is 0 Å². The zero-order chi connectivity index (χ0) is 15.2. The van der Waals surface area contributed by atoms with E-state index in [1.165, 1.54) is 0 Å². The third-order valence-corrected chi connectivity index (χ3v) is 3.90. The van der Waals surface area contributed by atoms with E-state index in [4.69, 9.17) is 5.11 Å². The average Bonchev–Trinajstić information content (AvgIpc) is 2.35. The topological polar surface area (TPSA) is 72.9 Å². The van der Waals surface area contributed by atoms with Crippen molar-refractivity contribution in [2.75, 3.05) is 34.2 Å². The summed E-state index contributed by atoms with van der Waals surface area (Å²) < 4.78 is 0. The van der Waals surface area contributed by atoms with Crippen LogP contribution < -0.4 is 5.32 Å². The van der Waals surface area contributed by atoms with Crippen molar-refractivity contribution in [3.63, 3.8) is 0 Å². The van der Waals surface area contributed by atoms with E-state index in [0.29, 0.717) is 6.54 Å². The minimum absolute atomic E-state index is 0.0141. The van der Waals surface area contributed by atoms with Crippen LogP contribution in [0.2, 0.25) is 0 Å². The number of carboxylic acid groups (broad SMARTS) is 1. The van der Waals surface area contributed by atoms with E-state index in [1.807, 2.05) is 19.0 Å². The number of carbonyl (C=O) groups is 2. The maximum atomic E-state index is 12.2. The molecule has 0 unspecified atom stereocenters. The highest BCUT2D eigenvalue weighted by atomic mass is 16.4. The molecular formula is C14H27N3O3. The molecular weight excluding hydrogens is 258 g/mol. The third-order valence-electron chi connectivity index (χ3n) is 3.90. The summed E-state index contributed by atoms with van der Waals surface area (Å²) in [6.45, 7) is 1.41. The summed E-state index contributed by atoms with van der Waals surface area (Å²) in [5.74, 6) is -0.844. The summed E-state index contributed by atoms with van der Waals surface area (Å²) in [5.41, 5.74) is -0.562. The molecule has 1 aliphatic rings. The van der Waals surface area contributed by atoms with Crippen molar-refractivity contribution in [3.05, 3.63) is 0 Å². The Morgan fingerprint density at radius 2 is 1.70 bits per heavy atom. The number of amides is 2. The molecule has 0 atom stereocenters. The van der Waals surface area contributed by atoms with Gasteiger partial charge in [-0.05, 0) is 26.9 Å². The second-order valence-electron chi connectivity index (χ2n) is 6.07. The highest BCUT2D eigenvalue weighted by Gasteiger charge is 2.36. The Kier molecular flexibility index (Phi) is 6.26. The minimum atomic E-state index is -0.844. The van der Waals surface area contributed by atoms with Gasteiger partial charge >= 0.3 is 12.0 Å². The Labute approximate surface area is 121 Å². The SMILES string of the molecule is CN(C)CCN(C)C(=O)NC1(CC(=O)O)CCCCC1. The van der Waals surface area contributed by atoms with Gasteiger partial charge in [0, 0.05) is 20.1 Å². The molecule has 1 saturated carbocycles. The van der Waals surface area contributed by atoms with Crippen molar-refractivity contribution in [2.45, 2.75) is 44.1 Å². The second kappa shape index (κ2) is 7.47. The van der Waals surface area contributed by atoms with Crippen molar-refractivity contribution in [3.8, 4) is 0 Å². The third kappa shape index (κ3) is 5.36. The number of hydrogen-bond donors (Lipinski definition) is 2. The monoisotopic (exact) mass is 285 g/mol. The average molecular weight is 285 g/mol. The first-order valence-corrected chi connectivity index (χ1v) is 7.24. The lowest BCUT2D eigenvalue weighted by Gasteiger charge is -2.38. The molecule has 6 nitrogen and oxygen atoms in total. The van der Waals surface area contributed by atoms with Gasteiger partial charge in [0.15, 0.2) is 0 Å². The minimum Gasteiger partial charge on any atom is -0.481 e. The molecule has 0 aliphatic heterocycles. The molecule has 1 rings (SSSR count). The van der Waals surface area contributed by atoms with Crippen molar-refractivity contribution >= 4 is 12.0 Å². The molecule has 0 spiro atoms. The van der Waals surface area contributed by atoms with Gasteiger partial charge in [0.2, 0.25) is 0 Å². The summed E-state index contributed by atoms with van der Waals surface area (Å²) >= 11 is 0. The number of aliphatic carboxylic acids is 1. The predicted octanol–water partition coefficient (Wildman–Crippen LogP) is 1.37. The summed E-state index contributed by atoms with van der Waals surface area (Å²) in [5, 5.41) is 12.1. The zero-order valence-electron chi connectivity index (χ0n) is 12.8. The number of urea groups is 1. The zero-order valence-corrected chi connectivity index (χ0v) is 12.8. The molecule has 1 fully saturated rings. The maximum absolute atomic E-state index is 12.2. The molecule has 1 aliphatic carbocycles. The molecule has 0 saturated heterocycles. The first kappa shape index (κ1) is 16.8. The van der Waals surface area contributed by atoms with Crippen molar-refractivity contribution in [1.82, 2.24) is 15.1 Å². The first-order chi connectivity index (χ1) is 9.34. The van der Waals surface area contributed by atoms with E-state index in [0.717, 1.165) is 38.6 Å². The lowest BCUT2D eigenvalue weighted by atomic mass is 9.79. The second-order valence-corrected chi connectivity index (χ2v) is 6.07. The quantitative estimate of drug-likeness (QED) is 0.773. The fourth-order valence-corrected chi connectivity index (χ4v) is 2.64. The molecule has 2 N–H and O–H groups in total. The van der Waals surface area contributed by atoms with E-state index < -0.39 is 11.5 Å². The molecule has 0 aromatic rings. The van der Waals surface area contributed by atoms with Crippen LogP contribution >= 0.6 is 0 Å². The highest BCUT2D eigenvalue weighted by molar-refractivity contribution is 5.76. The van der Waals surface area contributed by atoms with Gasteiger partial charge < -0.3 is 20.2 Å². The molecule has 0 bridgehead atoms. The van der Waals surface area contributed by atoms with Gasteiger partial charge in [-0.15, -0.1) is 0 Å². The van der Waals surface area contributed by atoms with Gasteiger partial charge in [0.1, 0.15) is 0 Å². The van der Waals surface area contributed by atoms with Gasteiger partial charge in [-0.25, -0.2) is 4.79 Å². The summed E-state index contributed by atoms with van der Waals surface area (Å²) in [7, 11) is 5.66. The number of likely N-dealkylation sites (N-methyl/N-ethyl adjacent to an activating group) is 2. The molecule has 2 amide bonds. The number of nitrogens with one attached hydrogen (secondary N) is 1. The van der Waals surface area contributed by atoms with Gasteiger partial charge in [-0.3, -0.25) is 4.79 Å². The van der Waals surface area contributed by atoms with Crippen molar-refractivity contribution in [2.24, 2.45) is 0 Å². The van der Waals surface area contributed by atoms with Crippen LogP contribution in [-0.4, -0.2) is 66.7 Å². The lowest BCUT2D eigenvalue weighted by Crippen LogP contribution is -2.55.